The number of Topliss-reactive ketones (excluding diaryl/α,β-unsaturated/α-hetero) is 1. The van der Waals surface area contributed by atoms with Crippen molar-refractivity contribution in [3.63, 3.8) is 0 Å². The molecule has 1 aliphatic rings. The van der Waals surface area contributed by atoms with E-state index in [1.165, 1.54) is 10.9 Å². The molecule has 0 bridgehead atoms. The van der Waals surface area contributed by atoms with E-state index in [9.17, 15) is 4.79 Å². The van der Waals surface area contributed by atoms with E-state index >= 15 is 0 Å². The molecule has 1 fully saturated rings. The Morgan fingerprint density at radius 1 is 1.00 bits per heavy atom. The molecule has 0 aliphatic heterocycles. The molecule has 0 N–H and O–H groups in total. The van der Waals surface area contributed by atoms with Gasteiger partial charge in [0, 0.05) is 0 Å². The summed E-state index contributed by atoms with van der Waals surface area (Å²) in [4.78, 5) is 13.1. The van der Waals surface area contributed by atoms with E-state index in [4.69, 9.17) is 0 Å². The van der Waals surface area contributed by atoms with E-state index in [1.54, 1.807) is 0 Å². The molecule has 0 saturated heterocycles. The second-order valence-corrected chi connectivity index (χ2v) is 16.5. The fourth-order valence-corrected chi connectivity index (χ4v) is 11.4. The van der Waals surface area contributed by atoms with Gasteiger partial charge in [-0.05, 0) is 0 Å². The van der Waals surface area contributed by atoms with Crippen molar-refractivity contribution in [1.82, 2.24) is 0 Å². The maximum atomic E-state index is 13.1. The van der Waals surface area contributed by atoms with Crippen LogP contribution in [0.15, 0.2) is 60.7 Å². The van der Waals surface area contributed by atoms with Crippen LogP contribution in [0.1, 0.15) is 23.2 Å². The Morgan fingerprint density at radius 2 is 1.57 bits per heavy atom. The normalized spacial score (nSPS) is 24.0. The minimum absolute atomic E-state index is 0.219. The number of ketones is 1. The van der Waals surface area contributed by atoms with Gasteiger partial charge in [-0.1, -0.05) is 0 Å². The quantitative estimate of drug-likeness (QED) is 0.551. The van der Waals surface area contributed by atoms with Gasteiger partial charge in [0.2, 0.25) is 0 Å². The van der Waals surface area contributed by atoms with E-state index < -0.39 is 8.07 Å². The number of hydrogen-bond donors (Lipinski definition) is 0. The summed E-state index contributed by atoms with van der Waals surface area (Å²) in [6, 6.07) is 20.7. The summed E-state index contributed by atoms with van der Waals surface area (Å²) in [7, 11) is -1.46. The average Bonchev–Trinajstić information content (AvgIpc) is 2.52. The van der Waals surface area contributed by atoms with Crippen molar-refractivity contribution in [2.24, 2.45) is 5.92 Å². The number of carbonyl (C=O) groups is 1. The van der Waals surface area contributed by atoms with Crippen LogP contribution >= 0.6 is 0 Å². The summed E-state index contributed by atoms with van der Waals surface area (Å²) >= 11 is 0.367. The van der Waals surface area contributed by atoms with Gasteiger partial charge in [0.15, 0.2) is 0 Å². The summed E-state index contributed by atoms with van der Waals surface area (Å²) < 4.78 is 1.70. The molecule has 1 aliphatic carbocycles. The monoisotopic (exact) mass is 388 g/mol. The van der Waals surface area contributed by atoms with Gasteiger partial charge in [-0.15, -0.1) is 0 Å². The van der Waals surface area contributed by atoms with Crippen LogP contribution in [0.25, 0.3) is 0 Å². The molecule has 2 atom stereocenters. The molecule has 0 heterocycles. The van der Waals surface area contributed by atoms with Gasteiger partial charge >= 0.3 is 147 Å². The van der Waals surface area contributed by atoms with Crippen molar-refractivity contribution in [3.8, 4) is 0 Å². The number of hydrogen-bond acceptors (Lipinski definition) is 1. The molecule has 1 saturated carbocycles. The predicted octanol–water partition coefficient (Wildman–Crippen LogP) is 4.35. The fourth-order valence-electron chi connectivity index (χ4n) is 3.57. The third-order valence-electron chi connectivity index (χ3n) is 5.05. The van der Waals surface area contributed by atoms with Gasteiger partial charge in [-0.2, -0.15) is 0 Å². The van der Waals surface area contributed by atoms with Crippen LogP contribution in [0.4, 0.5) is 0 Å². The van der Waals surface area contributed by atoms with Gasteiger partial charge in [0.25, 0.3) is 0 Å². The predicted molar refractivity (Wildman–Crippen MR) is 101 cm³/mol. The summed E-state index contributed by atoms with van der Waals surface area (Å²) in [5.74, 6) is 0.592. The van der Waals surface area contributed by atoms with Crippen LogP contribution in [0.5, 0.6) is 0 Å². The molecule has 0 aromatic heterocycles. The Bertz CT molecular complexity index is 678. The molecule has 0 radical (unpaired) electrons. The van der Waals surface area contributed by atoms with Crippen LogP contribution in [0.3, 0.4) is 0 Å². The number of benzene rings is 2. The van der Waals surface area contributed by atoms with Crippen LogP contribution in [-0.4, -0.2) is 28.8 Å². The minimum atomic E-state index is -1.46. The summed E-state index contributed by atoms with van der Waals surface area (Å²) in [5, 5.41) is 0. The molecule has 3 rings (SSSR count). The van der Waals surface area contributed by atoms with Crippen molar-refractivity contribution in [2.45, 2.75) is 36.4 Å². The standard InChI is InChI=1S/C20H24OSeSi/c1-23(2,3)20(22-17-12-8-5-9-13-17)15-14-18(20)19(21)16-10-6-4-7-11-16/h4-13,18H,14-15H2,1-3H3. The van der Waals surface area contributed by atoms with Gasteiger partial charge in [0.05, 0.1) is 0 Å². The van der Waals surface area contributed by atoms with Crippen molar-refractivity contribution < 1.29 is 4.79 Å². The van der Waals surface area contributed by atoms with Crippen LogP contribution < -0.4 is 4.46 Å². The second kappa shape index (κ2) is 6.39. The molecule has 2 aromatic carbocycles. The first kappa shape index (κ1) is 16.7. The Labute approximate surface area is 146 Å². The third kappa shape index (κ3) is 3.10. The summed E-state index contributed by atoms with van der Waals surface area (Å²) in [5.41, 5.74) is 0.892. The molecular weight excluding hydrogens is 363 g/mol. The van der Waals surface area contributed by atoms with E-state index in [0.717, 1.165) is 12.0 Å². The van der Waals surface area contributed by atoms with Crippen molar-refractivity contribution in [1.29, 1.82) is 0 Å². The number of carbonyl (C=O) groups excluding carboxylic acids is 1. The molecule has 2 aromatic rings. The SMILES string of the molecule is C[Si](C)(C)C1([Se]c2ccccc2)CCC1C(=O)c1ccccc1. The topological polar surface area (TPSA) is 17.1 Å². The van der Waals surface area contributed by atoms with Crippen LogP contribution in [0, 0.1) is 5.92 Å². The average molecular weight is 387 g/mol. The van der Waals surface area contributed by atoms with E-state index in [1.807, 2.05) is 30.3 Å². The van der Waals surface area contributed by atoms with Crippen molar-refractivity contribution >= 4 is 33.3 Å². The van der Waals surface area contributed by atoms with Crippen LogP contribution in [-0.2, 0) is 0 Å². The van der Waals surface area contributed by atoms with Gasteiger partial charge in [-0.3, -0.25) is 0 Å². The Hall–Kier alpha value is -1.15. The molecule has 2 unspecified atom stereocenters. The fraction of sp³-hybridized carbons (Fsp3) is 0.350. The number of rotatable bonds is 5. The van der Waals surface area contributed by atoms with E-state index in [2.05, 4.69) is 50.0 Å². The third-order valence-corrected chi connectivity index (χ3v) is 15.4. The van der Waals surface area contributed by atoms with Gasteiger partial charge in [-0.25, -0.2) is 0 Å². The maximum absolute atomic E-state index is 13.1. The first-order valence-electron chi connectivity index (χ1n) is 8.27. The Morgan fingerprint density at radius 3 is 2.04 bits per heavy atom. The van der Waals surface area contributed by atoms with E-state index in [0.29, 0.717) is 20.7 Å². The zero-order valence-corrected chi connectivity index (χ0v) is 16.8. The van der Waals surface area contributed by atoms with Crippen molar-refractivity contribution in [3.05, 3.63) is 66.2 Å². The van der Waals surface area contributed by atoms with Crippen LogP contribution in [0.2, 0.25) is 23.6 Å². The molecule has 0 amide bonds. The summed E-state index contributed by atoms with van der Waals surface area (Å²) in [6.07, 6.45) is 2.29. The molecule has 0 spiro atoms. The van der Waals surface area contributed by atoms with Gasteiger partial charge < -0.3 is 0 Å². The molecule has 1 nitrogen and oxygen atoms in total. The molecule has 3 heteroatoms. The molecular formula is C20H24OSeSi. The van der Waals surface area contributed by atoms with Gasteiger partial charge in [0.1, 0.15) is 0 Å². The molecule has 23 heavy (non-hydrogen) atoms. The zero-order valence-electron chi connectivity index (χ0n) is 14.1. The Balaban J connectivity index is 1.93. The Kier molecular flexibility index (Phi) is 4.64. The van der Waals surface area contributed by atoms with Crippen molar-refractivity contribution in [2.75, 3.05) is 0 Å². The zero-order chi connectivity index (χ0) is 16.5. The second-order valence-electron chi connectivity index (χ2n) is 7.38. The first-order valence-corrected chi connectivity index (χ1v) is 13.5. The molecule has 120 valence electrons. The summed E-state index contributed by atoms with van der Waals surface area (Å²) in [6.45, 7) is 7.34. The first-order chi connectivity index (χ1) is 10.9. The van der Waals surface area contributed by atoms with E-state index in [-0.39, 0.29) is 9.85 Å².